The summed E-state index contributed by atoms with van der Waals surface area (Å²) < 4.78 is 5.85. The molecule has 3 N–H and O–H groups in total. The number of carbonyl (C=O) groups is 1. The number of fused-ring (bicyclic) bond motifs is 4. The van der Waals surface area contributed by atoms with Gasteiger partial charge in [-0.15, -0.1) is 0 Å². The maximum absolute atomic E-state index is 12.3. The van der Waals surface area contributed by atoms with Crippen molar-refractivity contribution in [3.05, 3.63) is 53.6 Å². The molecule has 0 bridgehead atoms. The van der Waals surface area contributed by atoms with Gasteiger partial charge in [-0.3, -0.25) is 4.79 Å². The van der Waals surface area contributed by atoms with Gasteiger partial charge >= 0.3 is 0 Å². The van der Waals surface area contributed by atoms with E-state index in [2.05, 4.69) is 5.32 Å². The van der Waals surface area contributed by atoms with Crippen LogP contribution in [0.1, 0.15) is 15.9 Å². The summed E-state index contributed by atoms with van der Waals surface area (Å²) in [6, 6.07) is 10.8. The van der Waals surface area contributed by atoms with Gasteiger partial charge in [0.2, 0.25) is 0 Å². The van der Waals surface area contributed by atoms with Gasteiger partial charge in [0, 0.05) is 0 Å². The molecule has 0 saturated heterocycles. The molecular formula is C16H12N2O2. The van der Waals surface area contributed by atoms with Crippen LogP contribution in [0.3, 0.4) is 0 Å². The highest BCUT2D eigenvalue weighted by molar-refractivity contribution is 6.12. The Morgan fingerprint density at radius 2 is 1.95 bits per heavy atom. The molecule has 1 unspecified atom stereocenters. The Bertz CT molecular complexity index is 765. The van der Waals surface area contributed by atoms with Gasteiger partial charge in [0.25, 0.3) is 0 Å². The van der Waals surface area contributed by atoms with Crippen LogP contribution in [0, 0.1) is 0 Å². The molecule has 4 rings (SSSR count). The number of carbonyl (C=O) groups excluding carboxylic acids is 1. The van der Waals surface area contributed by atoms with Crippen molar-refractivity contribution in [2.45, 2.75) is 6.04 Å². The van der Waals surface area contributed by atoms with Gasteiger partial charge in [0.15, 0.2) is 17.3 Å². The third-order valence-corrected chi connectivity index (χ3v) is 3.60. The number of rotatable bonds is 0. The van der Waals surface area contributed by atoms with Gasteiger partial charge in [0.05, 0.1) is 23.0 Å². The quantitative estimate of drug-likeness (QED) is 0.655. The third kappa shape index (κ3) is 1.49. The molecule has 20 heavy (non-hydrogen) atoms. The topological polar surface area (TPSA) is 64.4 Å². The molecule has 4 nitrogen and oxygen atoms in total. The Balaban J connectivity index is 1.92. The first-order chi connectivity index (χ1) is 9.74. The Hall–Kier alpha value is -2.59. The molecular weight excluding hydrogens is 252 g/mol. The number of nitrogens with two attached hydrogens (primary N) is 1. The summed E-state index contributed by atoms with van der Waals surface area (Å²) in [6.07, 6.45) is 3.60. The molecule has 0 saturated carbocycles. The summed E-state index contributed by atoms with van der Waals surface area (Å²) in [5.41, 5.74) is 8.84. The molecule has 0 radical (unpaired) electrons. The van der Waals surface area contributed by atoms with Gasteiger partial charge in [0.1, 0.15) is 0 Å². The highest BCUT2D eigenvalue weighted by atomic mass is 16.5. The van der Waals surface area contributed by atoms with Crippen molar-refractivity contribution in [3.63, 3.8) is 0 Å². The number of Topliss-reactive ketones (excluding diaryl/α,β-unsaturated/α-hetero) is 1. The highest BCUT2D eigenvalue weighted by Gasteiger charge is 2.28. The number of hydrogen-bond acceptors (Lipinski definition) is 4. The predicted octanol–water partition coefficient (Wildman–Crippen LogP) is 3.07. The van der Waals surface area contributed by atoms with E-state index >= 15 is 0 Å². The summed E-state index contributed by atoms with van der Waals surface area (Å²) in [5, 5.41) is 3.28. The van der Waals surface area contributed by atoms with E-state index in [1.165, 1.54) is 0 Å². The maximum atomic E-state index is 12.3. The molecule has 1 atom stereocenters. The maximum Gasteiger partial charge on any atom is 0.186 e. The first kappa shape index (κ1) is 11.3. The molecule has 0 fully saturated rings. The molecule has 0 amide bonds. The largest absolute Gasteiger partial charge is 0.453 e. The van der Waals surface area contributed by atoms with Gasteiger partial charge in [-0.2, -0.15) is 0 Å². The second-order valence-corrected chi connectivity index (χ2v) is 4.88. The van der Waals surface area contributed by atoms with Gasteiger partial charge in [-0.05, 0) is 23.8 Å². The Labute approximate surface area is 115 Å². The fourth-order valence-corrected chi connectivity index (χ4v) is 2.59. The number of ether oxygens (including phenoxy) is 1. The molecule has 1 aliphatic heterocycles. The monoisotopic (exact) mass is 264 g/mol. The number of para-hydroxylation sites is 2. The van der Waals surface area contributed by atoms with Crippen LogP contribution in [0.5, 0.6) is 11.5 Å². The minimum Gasteiger partial charge on any atom is -0.453 e. The van der Waals surface area contributed by atoms with Gasteiger partial charge in [-0.25, -0.2) is 0 Å². The predicted molar refractivity (Wildman–Crippen MR) is 77.6 cm³/mol. The Kier molecular flexibility index (Phi) is 2.22. The fourth-order valence-electron chi connectivity index (χ4n) is 2.59. The van der Waals surface area contributed by atoms with Crippen LogP contribution in [0.25, 0.3) is 6.08 Å². The van der Waals surface area contributed by atoms with E-state index in [0.717, 1.165) is 17.0 Å². The zero-order chi connectivity index (χ0) is 13.7. The van der Waals surface area contributed by atoms with Crippen LogP contribution >= 0.6 is 0 Å². The number of ketones is 1. The average Bonchev–Trinajstić information content (AvgIpc) is 2.48. The lowest BCUT2D eigenvalue weighted by Gasteiger charge is -2.26. The Morgan fingerprint density at radius 3 is 2.85 bits per heavy atom. The van der Waals surface area contributed by atoms with Crippen LogP contribution in [0.2, 0.25) is 0 Å². The second kappa shape index (κ2) is 3.95. The third-order valence-electron chi connectivity index (χ3n) is 3.60. The van der Waals surface area contributed by atoms with E-state index in [0.29, 0.717) is 17.0 Å². The number of nitrogens with one attached hydrogen (secondary N) is 1. The molecule has 2 aromatic carbocycles. The molecule has 98 valence electrons. The fraction of sp³-hybridized carbons (Fsp3) is 0.0625. The average molecular weight is 264 g/mol. The first-order valence-electron chi connectivity index (χ1n) is 6.43. The summed E-state index contributed by atoms with van der Waals surface area (Å²) in [7, 11) is 0. The SMILES string of the molecule is NC1C=Cc2ccc3c(c2C1=O)Nc1ccccc1O3. The van der Waals surface area contributed by atoms with E-state index in [1.54, 1.807) is 6.08 Å². The second-order valence-electron chi connectivity index (χ2n) is 4.88. The van der Waals surface area contributed by atoms with Crippen molar-refractivity contribution in [2.75, 3.05) is 5.32 Å². The Morgan fingerprint density at radius 1 is 1.10 bits per heavy atom. The normalized spacial score (nSPS) is 18.4. The molecule has 1 heterocycles. The van der Waals surface area contributed by atoms with E-state index < -0.39 is 6.04 Å². The van der Waals surface area contributed by atoms with Crippen molar-refractivity contribution >= 4 is 23.2 Å². The molecule has 1 aliphatic carbocycles. The minimum absolute atomic E-state index is 0.0881. The zero-order valence-electron chi connectivity index (χ0n) is 10.6. The number of benzene rings is 2. The lowest BCUT2D eigenvalue weighted by molar-refractivity contribution is 0.0977. The summed E-state index contributed by atoms with van der Waals surface area (Å²) in [5.74, 6) is 1.32. The van der Waals surface area contributed by atoms with Crippen molar-refractivity contribution in [1.82, 2.24) is 0 Å². The van der Waals surface area contributed by atoms with Crippen LogP contribution in [-0.2, 0) is 0 Å². The molecule has 2 aromatic rings. The lowest BCUT2D eigenvalue weighted by Crippen LogP contribution is -2.31. The van der Waals surface area contributed by atoms with Crippen LogP contribution in [0.4, 0.5) is 11.4 Å². The number of hydrogen-bond donors (Lipinski definition) is 2. The molecule has 2 aliphatic rings. The van der Waals surface area contributed by atoms with Crippen molar-refractivity contribution in [1.29, 1.82) is 0 Å². The lowest BCUT2D eigenvalue weighted by atomic mass is 9.91. The van der Waals surface area contributed by atoms with Crippen LogP contribution in [0.15, 0.2) is 42.5 Å². The standard InChI is InChI=1S/C16H12N2O2/c17-10-7-5-9-6-8-13-15(14(9)16(10)19)18-11-3-1-2-4-12(11)20-13/h1-8,10,18H,17H2. The highest BCUT2D eigenvalue weighted by Crippen LogP contribution is 2.45. The van der Waals surface area contributed by atoms with E-state index in [-0.39, 0.29) is 5.78 Å². The van der Waals surface area contributed by atoms with Crippen LogP contribution < -0.4 is 15.8 Å². The van der Waals surface area contributed by atoms with Crippen molar-refractivity contribution < 1.29 is 9.53 Å². The summed E-state index contributed by atoms with van der Waals surface area (Å²) >= 11 is 0. The van der Waals surface area contributed by atoms with E-state index in [9.17, 15) is 4.79 Å². The summed E-state index contributed by atoms with van der Waals surface area (Å²) in [6.45, 7) is 0. The van der Waals surface area contributed by atoms with Crippen LogP contribution in [-0.4, -0.2) is 11.8 Å². The smallest absolute Gasteiger partial charge is 0.186 e. The summed E-state index contributed by atoms with van der Waals surface area (Å²) in [4.78, 5) is 12.3. The minimum atomic E-state index is -0.590. The van der Waals surface area contributed by atoms with Gasteiger partial charge < -0.3 is 15.8 Å². The number of anilines is 2. The zero-order valence-corrected chi connectivity index (χ0v) is 10.6. The molecule has 0 aromatic heterocycles. The first-order valence-corrected chi connectivity index (χ1v) is 6.43. The van der Waals surface area contributed by atoms with E-state index in [1.807, 2.05) is 42.5 Å². The molecule has 4 heteroatoms. The molecule has 0 spiro atoms. The van der Waals surface area contributed by atoms with Crippen molar-refractivity contribution in [3.8, 4) is 11.5 Å². The van der Waals surface area contributed by atoms with E-state index in [4.69, 9.17) is 10.5 Å². The van der Waals surface area contributed by atoms with Crippen molar-refractivity contribution in [2.24, 2.45) is 5.73 Å². The van der Waals surface area contributed by atoms with Gasteiger partial charge in [-0.1, -0.05) is 30.4 Å².